The fourth-order valence-corrected chi connectivity index (χ4v) is 1.46. The lowest BCUT2D eigenvalue weighted by Crippen LogP contribution is -2.17. The molecule has 0 radical (unpaired) electrons. The first-order valence-corrected chi connectivity index (χ1v) is 5.77. The van der Waals surface area contributed by atoms with Gasteiger partial charge in [0.25, 0.3) is 0 Å². The van der Waals surface area contributed by atoms with Crippen LogP contribution < -0.4 is 15.8 Å². The van der Waals surface area contributed by atoms with Crippen molar-refractivity contribution in [3.05, 3.63) is 30.6 Å². The average molecular weight is 261 g/mol. The van der Waals surface area contributed by atoms with Crippen LogP contribution in [0.25, 0.3) is 0 Å². The second-order valence-electron chi connectivity index (χ2n) is 3.93. The lowest BCUT2D eigenvalue weighted by molar-refractivity contribution is -0.116. The standard InChI is InChI=1S/C12H15N5O2/c1-17-12(14-8-15-17)16-11(18)5-6-19-10-4-2-3-9(13)7-10/h2-4,7-8H,5-6,13H2,1H3,(H,14,15,16,18). The molecule has 3 N–H and O–H groups in total. The summed E-state index contributed by atoms with van der Waals surface area (Å²) in [6.07, 6.45) is 1.60. The molecular weight excluding hydrogens is 246 g/mol. The van der Waals surface area contributed by atoms with Crippen LogP contribution in [0.3, 0.4) is 0 Å². The normalized spacial score (nSPS) is 10.2. The zero-order valence-electron chi connectivity index (χ0n) is 10.5. The van der Waals surface area contributed by atoms with E-state index in [0.717, 1.165) is 0 Å². The zero-order chi connectivity index (χ0) is 13.7. The third-order valence-electron chi connectivity index (χ3n) is 2.42. The summed E-state index contributed by atoms with van der Waals surface area (Å²) in [5.74, 6) is 0.875. The number of nitrogens with two attached hydrogens (primary N) is 1. The summed E-state index contributed by atoms with van der Waals surface area (Å²) in [5, 5.41) is 6.49. The summed E-state index contributed by atoms with van der Waals surface area (Å²) in [6, 6.07) is 7.06. The molecule has 2 rings (SSSR count). The SMILES string of the molecule is Cn1ncnc1NC(=O)CCOc1cccc(N)c1. The third-order valence-corrected chi connectivity index (χ3v) is 2.42. The molecule has 0 aliphatic heterocycles. The molecule has 7 heteroatoms. The Labute approximate surface area is 110 Å². The summed E-state index contributed by atoms with van der Waals surface area (Å²) in [6.45, 7) is 0.271. The molecule has 0 atom stereocenters. The lowest BCUT2D eigenvalue weighted by Gasteiger charge is -2.07. The number of hydrogen-bond donors (Lipinski definition) is 2. The Bertz CT molecular complexity index is 567. The molecule has 100 valence electrons. The number of hydrogen-bond acceptors (Lipinski definition) is 5. The number of aryl methyl sites for hydroxylation is 1. The van der Waals surface area contributed by atoms with Gasteiger partial charge in [0.15, 0.2) is 0 Å². The number of nitrogen functional groups attached to an aromatic ring is 1. The summed E-state index contributed by atoms with van der Waals surface area (Å²) >= 11 is 0. The second kappa shape index (κ2) is 5.85. The number of nitrogens with one attached hydrogen (secondary N) is 1. The number of aromatic nitrogens is 3. The molecule has 1 aromatic heterocycles. The smallest absolute Gasteiger partial charge is 0.230 e. The van der Waals surface area contributed by atoms with Crippen LogP contribution in [-0.4, -0.2) is 27.3 Å². The van der Waals surface area contributed by atoms with Crippen molar-refractivity contribution in [1.29, 1.82) is 0 Å². The number of amides is 1. The van der Waals surface area contributed by atoms with E-state index in [1.165, 1.54) is 11.0 Å². The Kier molecular flexibility index (Phi) is 3.97. The Hall–Kier alpha value is -2.57. The first-order chi connectivity index (χ1) is 9.15. The molecule has 0 saturated heterocycles. The maximum absolute atomic E-state index is 11.6. The molecule has 0 aliphatic carbocycles. The highest BCUT2D eigenvalue weighted by molar-refractivity contribution is 5.89. The van der Waals surface area contributed by atoms with E-state index in [-0.39, 0.29) is 18.9 Å². The number of anilines is 2. The van der Waals surface area contributed by atoms with Gasteiger partial charge in [0.1, 0.15) is 12.1 Å². The molecule has 0 saturated carbocycles. The largest absolute Gasteiger partial charge is 0.493 e. The maximum Gasteiger partial charge on any atom is 0.230 e. The number of benzene rings is 1. The number of ether oxygens (including phenoxy) is 1. The van der Waals surface area contributed by atoms with Crippen LogP contribution in [0, 0.1) is 0 Å². The summed E-state index contributed by atoms with van der Waals surface area (Å²) in [7, 11) is 1.70. The summed E-state index contributed by atoms with van der Waals surface area (Å²) in [4.78, 5) is 15.5. The van der Waals surface area contributed by atoms with Crippen molar-refractivity contribution >= 4 is 17.5 Å². The van der Waals surface area contributed by atoms with Gasteiger partial charge in [-0.3, -0.25) is 10.1 Å². The second-order valence-corrected chi connectivity index (χ2v) is 3.93. The topological polar surface area (TPSA) is 95.1 Å². The van der Waals surface area contributed by atoms with E-state index in [9.17, 15) is 4.79 Å². The van der Waals surface area contributed by atoms with Crippen LogP contribution in [0.15, 0.2) is 30.6 Å². The van der Waals surface area contributed by atoms with E-state index in [2.05, 4.69) is 15.4 Å². The molecule has 1 aromatic carbocycles. The van der Waals surface area contributed by atoms with Gasteiger partial charge in [-0.2, -0.15) is 10.1 Å². The minimum atomic E-state index is -0.181. The van der Waals surface area contributed by atoms with E-state index in [0.29, 0.717) is 17.4 Å². The van der Waals surface area contributed by atoms with Crippen LogP contribution in [0.1, 0.15) is 6.42 Å². The van der Waals surface area contributed by atoms with E-state index >= 15 is 0 Å². The van der Waals surface area contributed by atoms with Crippen molar-refractivity contribution in [1.82, 2.24) is 14.8 Å². The average Bonchev–Trinajstić information content (AvgIpc) is 2.75. The predicted molar refractivity (Wildman–Crippen MR) is 70.6 cm³/mol. The van der Waals surface area contributed by atoms with Gasteiger partial charge in [-0.1, -0.05) is 6.07 Å². The van der Waals surface area contributed by atoms with Crippen LogP contribution >= 0.6 is 0 Å². The van der Waals surface area contributed by atoms with Gasteiger partial charge in [-0.25, -0.2) is 4.68 Å². The van der Waals surface area contributed by atoms with Crippen molar-refractivity contribution in [2.24, 2.45) is 7.05 Å². The Balaban J connectivity index is 1.77. The molecule has 2 aromatic rings. The molecule has 1 heterocycles. The van der Waals surface area contributed by atoms with Crippen LogP contribution in [-0.2, 0) is 11.8 Å². The molecular formula is C12H15N5O2. The van der Waals surface area contributed by atoms with Crippen LogP contribution in [0.4, 0.5) is 11.6 Å². The molecule has 19 heavy (non-hydrogen) atoms. The Morgan fingerprint density at radius 1 is 1.53 bits per heavy atom. The van der Waals surface area contributed by atoms with Crippen molar-refractivity contribution in [2.45, 2.75) is 6.42 Å². The van der Waals surface area contributed by atoms with E-state index in [1.54, 1.807) is 31.3 Å². The highest BCUT2D eigenvalue weighted by atomic mass is 16.5. The van der Waals surface area contributed by atoms with Gasteiger partial charge in [0.2, 0.25) is 11.9 Å². The number of carbonyl (C=O) groups is 1. The quantitative estimate of drug-likeness (QED) is 0.776. The lowest BCUT2D eigenvalue weighted by atomic mass is 10.3. The zero-order valence-corrected chi connectivity index (χ0v) is 10.5. The highest BCUT2D eigenvalue weighted by Gasteiger charge is 2.06. The number of nitrogens with zero attached hydrogens (tertiary/aromatic N) is 3. The first-order valence-electron chi connectivity index (χ1n) is 5.77. The highest BCUT2D eigenvalue weighted by Crippen LogP contribution is 2.14. The summed E-state index contributed by atoms with van der Waals surface area (Å²) < 4.78 is 6.91. The Morgan fingerprint density at radius 2 is 2.37 bits per heavy atom. The molecule has 7 nitrogen and oxygen atoms in total. The van der Waals surface area contributed by atoms with E-state index in [4.69, 9.17) is 10.5 Å². The fraction of sp³-hybridized carbons (Fsp3) is 0.250. The third kappa shape index (κ3) is 3.70. The van der Waals surface area contributed by atoms with Gasteiger partial charge >= 0.3 is 0 Å². The van der Waals surface area contributed by atoms with Gasteiger partial charge in [0.05, 0.1) is 13.0 Å². The van der Waals surface area contributed by atoms with E-state index in [1.807, 2.05) is 0 Å². The van der Waals surface area contributed by atoms with Gasteiger partial charge in [-0.15, -0.1) is 0 Å². The molecule has 0 fully saturated rings. The van der Waals surface area contributed by atoms with Gasteiger partial charge < -0.3 is 10.5 Å². The molecule has 0 aliphatic rings. The van der Waals surface area contributed by atoms with Crippen molar-refractivity contribution in [3.8, 4) is 5.75 Å². The van der Waals surface area contributed by atoms with Crippen molar-refractivity contribution in [2.75, 3.05) is 17.7 Å². The fourth-order valence-electron chi connectivity index (χ4n) is 1.46. The minimum Gasteiger partial charge on any atom is -0.493 e. The summed E-state index contributed by atoms with van der Waals surface area (Å²) in [5.41, 5.74) is 6.25. The maximum atomic E-state index is 11.6. The monoisotopic (exact) mass is 261 g/mol. The van der Waals surface area contributed by atoms with Crippen molar-refractivity contribution < 1.29 is 9.53 Å². The minimum absolute atomic E-state index is 0.181. The molecule has 0 bridgehead atoms. The van der Waals surface area contributed by atoms with Gasteiger partial charge in [0, 0.05) is 18.8 Å². The number of rotatable bonds is 5. The molecule has 1 amide bonds. The first kappa shape index (κ1) is 12.9. The van der Waals surface area contributed by atoms with E-state index < -0.39 is 0 Å². The molecule has 0 spiro atoms. The van der Waals surface area contributed by atoms with Crippen molar-refractivity contribution in [3.63, 3.8) is 0 Å². The van der Waals surface area contributed by atoms with Gasteiger partial charge in [-0.05, 0) is 12.1 Å². The predicted octanol–water partition coefficient (Wildman–Crippen LogP) is 0.805. The van der Waals surface area contributed by atoms with Crippen LogP contribution in [0.2, 0.25) is 0 Å². The number of carbonyl (C=O) groups excluding carboxylic acids is 1. The molecule has 0 unspecified atom stereocenters. The van der Waals surface area contributed by atoms with Crippen LogP contribution in [0.5, 0.6) is 5.75 Å². The Morgan fingerprint density at radius 3 is 3.05 bits per heavy atom.